The van der Waals surface area contributed by atoms with Crippen molar-refractivity contribution in [3.63, 3.8) is 0 Å². The van der Waals surface area contributed by atoms with Crippen molar-refractivity contribution in [2.45, 2.75) is 26.3 Å². The maximum Gasteiger partial charge on any atom is 0.174 e. The highest BCUT2D eigenvalue weighted by Crippen LogP contribution is 2.29. The summed E-state index contributed by atoms with van der Waals surface area (Å²) in [6.45, 7) is 6.74. The maximum atomic E-state index is 8.54. The number of ether oxygens (including phenoxy) is 1. The first-order valence-corrected chi connectivity index (χ1v) is 7.59. The molecule has 0 unspecified atom stereocenters. The fourth-order valence-electron chi connectivity index (χ4n) is 2.70. The van der Waals surface area contributed by atoms with E-state index in [1.165, 1.54) is 31.5 Å². The van der Waals surface area contributed by atoms with Gasteiger partial charge in [-0.15, -0.1) is 0 Å². The highest BCUT2D eigenvalue weighted by molar-refractivity contribution is 5.28. The summed E-state index contributed by atoms with van der Waals surface area (Å²) in [5.74, 6) is 0.765. The largest absolute Gasteiger partial charge is 0.479 e. The van der Waals surface area contributed by atoms with Gasteiger partial charge in [0.05, 0.1) is 0 Å². The standard InChI is InChI=1S/C17H25N3O/c1-17(6-9-20(2)10-7-17)14-19-13-15-4-3-5-16(12-15)21-11-8-18/h3-5,12,19H,6-7,9-11,13-14H2,1-2H3. The molecule has 1 aromatic carbocycles. The van der Waals surface area contributed by atoms with Crippen LogP contribution in [-0.2, 0) is 6.54 Å². The lowest BCUT2D eigenvalue weighted by molar-refractivity contribution is 0.137. The molecular weight excluding hydrogens is 262 g/mol. The fourth-order valence-corrected chi connectivity index (χ4v) is 2.70. The molecule has 0 aromatic heterocycles. The highest BCUT2D eigenvalue weighted by Gasteiger charge is 2.28. The Hall–Kier alpha value is -1.57. The number of hydrogen-bond acceptors (Lipinski definition) is 4. The van der Waals surface area contributed by atoms with Gasteiger partial charge >= 0.3 is 0 Å². The second-order valence-electron chi connectivity index (χ2n) is 6.31. The van der Waals surface area contributed by atoms with Crippen molar-refractivity contribution in [3.05, 3.63) is 29.8 Å². The summed E-state index contributed by atoms with van der Waals surface area (Å²) in [6.07, 6.45) is 2.50. The summed E-state index contributed by atoms with van der Waals surface area (Å²) in [5.41, 5.74) is 1.60. The van der Waals surface area contributed by atoms with Gasteiger partial charge in [-0.25, -0.2) is 0 Å². The number of nitrogens with zero attached hydrogens (tertiary/aromatic N) is 2. The second-order valence-corrected chi connectivity index (χ2v) is 6.31. The smallest absolute Gasteiger partial charge is 0.174 e. The molecule has 0 aliphatic carbocycles. The number of rotatable bonds is 6. The molecule has 1 fully saturated rings. The van der Waals surface area contributed by atoms with Crippen LogP contribution in [0.25, 0.3) is 0 Å². The molecule has 114 valence electrons. The van der Waals surface area contributed by atoms with Crippen LogP contribution in [0.2, 0.25) is 0 Å². The number of nitrogens with one attached hydrogen (secondary N) is 1. The van der Waals surface area contributed by atoms with Crippen LogP contribution in [0.5, 0.6) is 5.75 Å². The van der Waals surface area contributed by atoms with Crippen LogP contribution in [0, 0.1) is 16.7 Å². The Bertz CT molecular complexity index is 487. The lowest BCUT2D eigenvalue weighted by atomic mass is 9.80. The molecule has 0 bridgehead atoms. The number of likely N-dealkylation sites (tertiary alicyclic amines) is 1. The van der Waals surface area contributed by atoms with Crippen LogP contribution >= 0.6 is 0 Å². The van der Waals surface area contributed by atoms with Crippen LogP contribution in [-0.4, -0.2) is 38.2 Å². The third-order valence-electron chi connectivity index (χ3n) is 4.28. The van der Waals surface area contributed by atoms with E-state index in [0.717, 1.165) is 18.8 Å². The number of piperidine rings is 1. The minimum absolute atomic E-state index is 0.0997. The van der Waals surface area contributed by atoms with E-state index in [4.69, 9.17) is 10.00 Å². The molecule has 2 rings (SSSR count). The van der Waals surface area contributed by atoms with Crippen LogP contribution < -0.4 is 10.1 Å². The zero-order valence-corrected chi connectivity index (χ0v) is 13.1. The molecule has 1 saturated heterocycles. The van der Waals surface area contributed by atoms with Gasteiger partial charge in [-0.1, -0.05) is 19.1 Å². The van der Waals surface area contributed by atoms with Crippen molar-refractivity contribution < 1.29 is 4.74 Å². The van der Waals surface area contributed by atoms with E-state index in [1.54, 1.807) is 0 Å². The van der Waals surface area contributed by atoms with Crippen molar-refractivity contribution in [3.8, 4) is 11.8 Å². The first-order valence-electron chi connectivity index (χ1n) is 7.59. The van der Waals surface area contributed by atoms with E-state index in [9.17, 15) is 0 Å². The van der Waals surface area contributed by atoms with E-state index in [1.807, 2.05) is 24.3 Å². The molecule has 0 amide bonds. The molecule has 1 N–H and O–H groups in total. The second kappa shape index (κ2) is 7.44. The van der Waals surface area contributed by atoms with Gasteiger partial charge in [-0.2, -0.15) is 5.26 Å². The van der Waals surface area contributed by atoms with Crippen LogP contribution in [0.3, 0.4) is 0 Å². The Morgan fingerprint density at radius 1 is 1.38 bits per heavy atom. The molecule has 0 spiro atoms. The van der Waals surface area contributed by atoms with Crippen LogP contribution in [0.15, 0.2) is 24.3 Å². The third kappa shape index (κ3) is 5.04. The van der Waals surface area contributed by atoms with Gasteiger partial charge in [0.25, 0.3) is 0 Å². The van der Waals surface area contributed by atoms with E-state index >= 15 is 0 Å². The first-order chi connectivity index (χ1) is 10.1. The predicted octanol–water partition coefficient (Wildman–Crippen LogP) is 2.41. The minimum Gasteiger partial charge on any atom is -0.479 e. The Kier molecular flexibility index (Phi) is 5.60. The Morgan fingerprint density at radius 3 is 2.86 bits per heavy atom. The quantitative estimate of drug-likeness (QED) is 0.873. The van der Waals surface area contributed by atoms with Crippen LogP contribution in [0.4, 0.5) is 0 Å². The zero-order chi connectivity index (χ0) is 15.1. The van der Waals surface area contributed by atoms with E-state index in [-0.39, 0.29) is 6.61 Å². The molecule has 1 aromatic rings. The van der Waals surface area contributed by atoms with Gasteiger partial charge in [0.2, 0.25) is 0 Å². The molecular formula is C17H25N3O. The van der Waals surface area contributed by atoms with E-state index in [0.29, 0.717) is 5.41 Å². The summed E-state index contributed by atoms with van der Waals surface area (Å²) >= 11 is 0. The summed E-state index contributed by atoms with van der Waals surface area (Å²) in [6, 6.07) is 9.94. The van der Waals surface area contributed by atoms with Crippen molar-refractivity contribution in [1.29, 1.82) is 5.26 Å². The Morgan fingerprint density at radius 2 is 2.14 bits per heavy atom. The summed E-state index contributed by atoms with van der Waals surface area (Å²) in [4.78, 5) is 2.40. The normalized spacial score (nSPS) is 18.1. The van der Waals surface area contributed by atoms with Gasteiger partial charge in [0.15, 0.2) is 6.61 Å². The topological polar surface area (TPSA) is 48.3 Å². The van der Waals surface area contributed by atoms with E-state index < -0.39 is 0 Å². The molecule has 4 nitrogen and oxygen atoms in total. The number of benzene rings is 1. The van der Waals surface area contributed by atoms with Gasteiger partial charge in [0, 0.05) is 13.1 Å². The molecule has 1 aliphatic heterocycles. The SMILES string of the molecule is CN1CCC(C)(CNCc2cccc(OCC#N)c2)CC1. The van der Waals surface area contributed by atoms with Crippen molar-refractivity contribution in [1.82, 2.24) is 10.2 Å². The Labute approximate surface area is 127 Å². The van der Waals surface area contributed by atoms with E-state index in [2.05, 4.69) is 30.3 Å². The van der Waals surface area contributed by atoms with Gasteiger partial charge in [-0.05, 0) is 56.1 Å². The van der Waals surface area contributed by atoms with Crippen molar-refractivity contribution in [2.75, 3.05) is 33.3 Å². The molecule has 4 heteroatoms. The summed E-state index contributed by atoms with van der Waals surface area (Å²) in [5, 5.41) is 12.1. The molecule has 1 aliphatic rings. The number of nitriles is 1. The van der Waals surface area contributed by atoms with Gasteiger partial charge in [0.1, 0.15) is 11.8 Å². The average Bonchev–Trinajstić information content (AvgIpc) is 2.49. The number of hydrogen-bond donors (Lipinski definition) is 1. The minimum atomic E-state index is 0.0997. The first kappa shape index (κ1) is 15.8. The fraction of sp³-hybridized carbons (Fsp3) is 0.588. The van der Waals surface area contributed by atoms with Crippen LogP contribution in [0.1, 0.15) is 25.3 Å². The summed E-state index contributed by atoms with van der Waals surface area (Å²) < 4.78 is 5.33. The van der Waals surface area contributed by atoms with Crippen molar-refractivity contribution >= 4 is 0 Å². The Balaban J connectivity index is 1.79. The van der Waals surface area contributed by atoms with Gasteiger partial charge < -0.3 is 15.0 Å². The monoisotopic (exact) mass is 287 g/mol. The molecule has 0 saturated carbocycles. The predicted molar refractivity (Wildman–Crippen MR) is 84.1 cm³/mol. The zero-order valence-electron chi connectivity index (χ0n) is 13.1. The van der Waals surface area contributed by atoms with Gasteiger partial charge in [-0.3, -0.25) is 0 Å². The van der Waals surface area contributed by atoms with Crippen molar-refractivity contribution in [2.24, 2.45) is 5.41 Å². The average molecular weight is 287 g/mol. The molecule has 0 atom stereocenters. The molecule has 1 heterocycles. The lowest BCUT2D eigenvalue weighted by Gasteiger charge is -2.38. The summed E-state index contributed by atoms with van der Waals surface area (Å²) in [7, 11) is 2.19. The molecule has 21 heavy (non-hydrogen) atoms. The highest BCUT2D eigenvalue weighted by atomic mass is 16.5. The third-order valence-corrected chi connectivity index (χ3v) is 4.28. The molecule has 0 radical (unpaired) electrons. The maximum absolute atomic E-state index is 8.54. The lowest BCUT2D eigenvalue weighted by Crippen LogP contribution is -2.41.